The average Bonchev–Trinajstić information content (AvgIpc) is 2.68. The molecule has 1 heterocycles. The molecule has 0 bridgehead atoms. The molecule has 5 nitrogen and oxygen atoms in total. The van der Waals surface area contributed by atoms with Crippen molar-refractivity contribution in [3.63, 3.8) is 0 Å². The Hall–Kier alpha value is -2.80. The molecule has 0 radical (unpaired) electrons. The van der Waals surface area contributed by atoms with Crippen LogP contribution in [0.5, 0.6) is 0 Å². The van der Waals surface area contributed by atoms with Crippen LogP contribution in [0.3, 0.4) is 0 Å². The molecule has 7 heteroatoms. The van der Waals surface area contributed by atoms with Gasteiger partial charge in [-0.15, -0.1) is 0 Å². The molecule has 0 aliphatic carbocycles. The second kappa shape index (κ2) is 8.73. The van der Waals surface area contributed by atoms with E-state index in [0.717, 1.165) is 38.2 Å². The first-order valence-electron chi connectivity index (χ1n) is 8.82. The van der Waals surface area contributed by atoms with Crippen molar-refractivity contribution in [3.8, 4) is 0 Å². The Morgan fingerprint density at radius 2 is 1.78 bits per heavy atom. The number of fused-ring (bicyclic) bond motifs is 1. The van der Waals surface area contributed by atoms with Crippen LogP contribution in [-0.2, 0) is 17.8 Å². The summed E-state index contributed by atoms with van der Waals surface area (Å²) in [4.78, 5) is 26.0. The summed E-state index contributed by atoms with van der Waals surface area (Å²) in [5.41, 5.74) is 2.65. The maximum atomic E-state index is 13.1. The van der Waals surface area contributed by atoms with Crippen molar-refractivity contribution in [2.45, 2.75) is 13.0 Å². The number of nitrogens with zero attached hydrogens (tertiary/aromatic N) is 1. The third kappa shape index (κ3) is 5.10. The standard InChI is InChI=1S/C20H21F2N3O2/c21-17-6-5-15(11-18(17)22)20(27)24-12-19(26)23-8-10-25-9-7-14-3-1-2-4-16(14)13-25/h1-6,11H,7-10,12-13H2,(H,23,26)(H,24,27). The van der Waals surface area contributed by atoms with Crippen molar-refractivity contribution < 1.29 is 18.4 Å². The van der Waals surface area contributed by atoms with Gasteiger partial charge in [0, 0.05) is 31.7 Å². The quantitative estimate of drug-likeness (QED) is 0.813. The fourth-order valence-electron chi connectivity index (χ4n) is 3.06. The zero-order chi connectivity index (χ0) is 19.2. The van der Waals surface area contributed by atoms with Crippen molar-refractivity contribution in [2.24, 2.45) is 0 Å². The van der Waals surface area contributed by atoms with Gasteiger partial charge in [-0.1, -0.05) is 24.3 Å². The Bertz CT molecular complexity index is 842. The van der Waals surface area contributed by atoms with Crippen LogP contribution in [-0.4, -0.2) is 42.9 Å². The van der Waals surface area contributed by atoms with Crippen LogP contribution in [0.1, 0.15) is 21.5 Å². The number of hydrogen-bond donors (Lipinski definition) is 2. The normalized spacial score (nSPS) is 13.7. The van der Waals surface area contributed by atoms with Gasteiger partial charge in [-0.05, 0) is 35.7 Å². The fraction of sp³-hybridized carbons (Fsp3) is 0.300. The van der Waals surface area contributed by atoms with Crippen molar-refractivity contribution in [3.05, 3.63) is 70.8 Å². The number of carbonyl (C=O) groups is 2. The maximum absolute atomic E-state index is 13.1. The zero-order valence-corrected chi connectivity index (χ0v) is 14.8. The summed E-state index contributed by atoms with van der Waals surface area (Å²) in [5, 5.41) is 5.15. The molecule has 2 aromatic carbocycles. The van der Waals surface area contributed by atoms with Gasteiger partial charge in [0.05, 0.1) is 6.54 Å². The number of rotatable bonds is 6. The molecule has 0 atom stereocenters. The molecule has 0 fully saturated rings. The second-order valence-electron chi connectivity index (χ2n) is 6.46. The first kappa shape index (κ1) is 19.0. The summed E-state index contributed by atoms with van der Waals surface area (Å²) in [6.07, 6.45) is 0.994. The Morgan fingerprint density at radius 1 is 1.00 bits per heavy atom. The Kier molecular flexibility index (Phi) is 6.13. The van der Waals surface area contributed by atoms with E-state index in [1.165, 1.54) is 17.2 Å². The minimum Gasteiger partial charge on any atom is -0.353 e. The summed E-state index contributed by atoms with van der Waals surface area (Å²) in [6, 6.07) is 11.2. The SMILES string of the molecule is O=C(CNC(=O)c1ccc(F)c(F)c1)NCCN1CCc2ccccc2C1. The molecule has 0 aromatic heterocycles. The molecule has 142 valence electrons. The smallest absolute Gasteiger partial charge is 0.251 e. The lowest BCUT2D eigenvalue weighted by Crippen LogP contribution is -2.41. The van der Waals surface area contributed by atoms with Crippen molar-refractivity contribution in [1.82, 2.24) is 15.5 Å². The summed E-state index contributed by atoms with van der Waals surface area (Å²) in [5.74, 6) is -3.08. The molecule has 3 rings (SSSR count). The van der Waals surface area contributed by atoms with E-state index in [2.05, 4.69) is 27.7 Å². The van der Waals surface area contributed by atoms with E-state index in [1.54, 1.807) is 0 Å². The van der Waals surface area contributed by atoms with Gasteiger partial charge in [0.25, 0.3) is 5.91 Å². The predicted octanol–water partition coefficient (Wildman–Crippen LogP) is 1.87. The molecule has 2 N–H and O–H groups in total. The number of hydrogen-bond acceptors (Lipinski definition) is 3. The summed E-state index contributed by atoms with van der Waals surface area (Å²) < 4.78 is 26.0. The minimum absolute atomic E-state index is 0.0336. The largest absolute Gasteiger partial charge is 0.353 e. The van der Waals surface area contributed by atoms with E-state index in [0.29, 0.717) is 6.54 Å². The zero-order valence-electron chi connectivity index (χ0n) is 14.8. The molecule has 1 aliphatic heterocycles. The highest BCUT2D eigenvalue weighted by Crippen LogP contribution is 2.17. The first-order valence-corrected chi connectivity index (χ1v) is 8.82. The monoisotopic (exact) mass is 373 g/mol. The summed E-state index contributed by atoms with van der Waals surface area (Å²) >= 11 is 0. The summed E-state index contributed by atoms with van der Waals surface area (Å²) in [7, 11) is 0. The van der Waals surface area contributed by atoms with Gasteiger partial charge in [0.1, 0.15) is 0 Å². The highest BCUT2D eigenvalue weighted by atomic mass is 19.2. The van der Waals surface area contributed by atoms with E-state index >= 15 is 0 Å². The molecular weight excluding hydrogens is 352 g/mol. The van der Waals surface area contributed by atoms with Crippen molar-refractivity contribution >= 4 is 11.8 Å². The fourth-order valence-corrected chi connectivity index (χ4v) is 3.06. The van der Waals surface area contributed by atoms with Gasteiger partial charge in [-0.3, -0.25) is 14.5 Å². The van der Waals surface area contributed by atoms with Crippen LogP contribution in [0.15, 0.2) is 42.5 Å². The minimum atomic E-state index is -1.10. The molecule has 0 saturated heterocycles. The van der Waals surface area contributed by atoms with Crippen LogP contribution >= 0.6 is 0 Å². The Labute approximate surface area is 156 Å². The van der Waals surface area contributed by atoms with E-state index in [9.17, 15) is 18.4 Å². The lowest BCUT2D eigenvalue weighted by Gasteiger charge is -2.28. The van der Waals surface area contributed by atoms with Crippen molar-refractivity contribution in [2.75, 3.05) is 26.2 Å². The van der Waals surface area contributed by atoms with Gasteiger partial charge in [0.2, 0.25) is 5.91 Å². The third-order valence-corrected chi connectivity index (χ3v) is 4.55. The van der Waals surface area contributed by atoms with Gasteiger partial charge in [0.15, 0.2) is 11.6 Å². The van der Waals surface area contributed by atoms with E-state index < -0.39 is 17.5 Å². The van der Waals surface area contributed by atoms with Gasteiger partial charge >= 0.3 is 0 Å². The highest BCUT2D eigenvalue weighted by Gasteiger charge is 2.15. The average molecular weight is 373 g/mol. The number of nitrogens with one attached hydrogen (secondary N) is 2. The van der Waals surface area contributed by atoms with Gasteiger partial charge in [-0.25, -0.2) is 8.78 Å². The number of carbonyl (C=O) groups excluding carboxylic acids is 2. The molecular formula is C20H21F2N3O2. The van der Waals surface area contributed by atoms with Crippen LogP contribution in [0.2, 0.25) is 0 Å². The molecule has 27 heavy (non-hydrogen) atoms. The molecule has 0 unspecified atom stereocenters. The number of amides is 2. The van der Waals surface area contributed by atoms with E-state index in [-0.39, 0.29) is 18.0 Å². The molecule has 2 amide bonds. The van der Waals surface area contributed by atoms with E-state index in [4.69, 9.17) is 0 Å². The van der Waals surface area contributed by atoms with Gasteiger partial charge < -0.3 is 10.6 Å². The lowest BCUT2D eigenvalue weighted by atomic mass is 10.00. The summed E-state index contributed by atoms with van der Waals surface area (Å²) in [6.45, 7) is 2.78. The Balaban J connectivity index is 1.37. The van der Waals surface area contributed by atoms with Crippen LogP contribution in [0, 0.1) is 11.6 Å². The van der Waals surface area contributed by atoms with Crippen molar-refractivity contribution in [1.29, 1.82) is 0 Å². The van der Waals surface area contributed by atoms with E-state index in [1.807, 2.05) is 12.1 Å². The van der Waals surface area contributed by atoms with Gasteiger partial charge in [-0.2, -0.15) is 0 Å². The second-order valence-corrected chi connectivity index (χ2v) is 6.46. The first-order chi connectivity index (χ1) is 13.0. The lowest BCUT2D eigenvalue weighted by molar-refractivity contribution is -0.120. The number of benzene rings is 2. The van der Waals surface area contributed by atoms with Crippen LogP contribution in [0.25, 0.3) is 0 Å². The molecule has 1 aliphatic rings. The molecule has 0 spiro atoms. The predicted molar refractivity (Wildman–Crippen MR) is 97.1 cm³/mol. The maximum Gasteiger partial charge on any atom is 0.251 e. The third-order valence-electron chi connectivity index (χ3n) is 4.55. The van der Waals surface area contributed by atoms with Crippen LogP contribution < -0.4 is 10.6 Å². The van der Waals surface area contributed by atoms with Crippen LogP contribution in [0.4, 0.5) is 8.78 Å². The topological polar surface area (TPSA) is 61.4 Å². The molecule has 2 aromatic rings. The Morgan fingerprint density at radius 3 is 2.56 bits per heavy atom. The number of halogens is 2. The molecule has 0 saturated carbocycles. The highest BCUT2D eigenvalue weighted by molar-refractivity contribution is 5.96.